The SMILES string of the molecule is CC1SCNC1C(=O)NN. The minimum atomic E-state index is -0.127. The molecule has 1 aliphatic heterocycles. The van der Waals surface area contributed by atoms with E-state index in [1.165, 1.54) is 0 Å². The molecule has 0 aliphatic carbocycles. The average Bonchev–Trinajstić information content (AvgIpc) is 2.34. The fourth-order valence-electron chi connectivity index (χ4n) is 0.927. The fourth-order valence-corrected chi connectivity index (χ4v) is 1.88. The van der Waals surface area contributed by atoms with Crippen LogP contribution in [0.5, 0.6) is 0 Å². The summed E-state index contributed by atoms with van der Waals surface area (Å²) >= 11 is 1.72. The molecule has 1 aliphatic rings. The summed E-state index contributed by atoms with van der Waals surface area (Å²) in [6, 6.07) is -0.116. The molecule has 5 heteroatoms. The molecule has 1 fully saturated rings. The van der Waals surface area contributed by atoms with Gasteiger partial charge in [0.1, 0.15) is 6.04 Å². The maximum Gasteiger partial charge on any atom is 0.252 e. The number of rotatable bonds is 1. The molecule has 0 spiro atoms. The van der Waals surface area contributed by atoms with Crippen LogP contribution in [0.15, 0.2) is 0 Å². The Balaban J connectivity index is 2.46. The van der Waals surface area contributed by atoms with Crippen LogP contribution in [-0.4, -0.2) is 23.1 Å². The predicted molar refractivity (Wildman–Crippen MR) is 41.2 cm³/mol. The van der Waals surface area contributed by atoms with Crippen LogP contribution >= 0.6 is 11.8 Å². The van der Waals surface area contributed by atoms with Gasteiger partial charge in [-0.05, 0) is 0 Å². The van der Waals surface area contributed by atoms with Gasteiger partial charge in [0.25, 0.3) is 5.91 Å². The molecule has 10 heavy (non-hydrogen) atoms. The highest BCUT2D eigenvalue weighted by Gasteiger charge is 2.28. The van der Waals surface area contributed by atoms with E-state index in [2.05, 4.69) is 10.7 Å². The van der Waals surface area contributed by atoms with Gasteiger partial charge < -0.3 is 0 Å². The Labute approximate surface area is 63.9 Å². The van der Waals surface area contributed by atoms with Crippen LogP contribution in [0.4, 0.5) is 0 Å². The van der Waals surface area contributed by atoms with Crippen LogP contribution in [0.2, 0.25) is 0 Å². The Kier molecular flexibility index (Phi) is 2.53. The Morgan fingerprint density at radius 2 is 2.60 bits per heavy atom. The lowest BCUT2D eigenvalue weighted by Gasteiger charge is -2.11. The first kappa shape index (κ1) is 7.84. The van der Waals surface area contributed by atoms with Crippen LogP contribution < -0.4 is 16.6 Å². The van der Waals surface area contributed by atoms with Crippen molar-refractivity contribution >= 4 is 17.7 Å². The molecule has 1 saturated heterocycles. The van der Waals surface area contributed by atoms with Gasteiger partial charge in [-0.3, -0.25) is 15.5 Å². The summed E-state index contributed by atoms with van der Waals surface area (Å²) in [5.74, 6) is 5.67. The molecule has 2 unspecified atom stereocenters. The van der Waals surface area contributed by atoms with Gasteiger partial charge >= 0.3 is 0 Å². The van der Waals surface area contributed by atoms with E-state index in [1.54, 1.807) is 11.8 Å². The molecule has 0 bridgehead atoms. The first-order valence-corrected chi connectivity index (χ1v) is 4.16. The van der Waals surface area contributed by atoms with E-state index < -0.39 is 0 Å². The summed E-state index contributed by atoms with van der Waals surface area (Å²) in [6.45, 7) is 2.00. The number of nitrogens with one attached hydrogen (secondary N) is 2. The van der Waals surface area contributed by atoms with Crippen LogP contribution in [0.1, 0.15) is 6.92 Å². The summed E-state index contributed by atoms with van der Waals surface area (Å²) in [6.07, 6.45) is 0. The van der Waals surface area contributed by atoms with Gasteiger partial charge in [0, 0.05) is 11.1 Å². The molecule has 1 heterocycles. The first-order valence-electron chi connectivity index (χ1n) is 3.11. The molecule has 0 aromatic heterocycles. The smallest absolute Gasteiger partial charge is 0.252 e. The number of carbonyl (C=O) groups excluding carboxylic acids is 1. The lowest BCUT2D eigenvalue weighted by atomic mass is 10.2. The van der Waals surface area contributed by atoms with Crippen molar-refractivity contribution in [3.8, 4) is 0 Å². The number of carbonyl (C=O) groups is 1. The highest BCUT2D eigenvalue weighted by atomic mass is 32.2. The van der Waals surface area contributed by atoms with E-state index in [-0.39, 0.29) is 11.9 Å². The van der Waals surface area contributed by atoms with Crippen LogP contribution in [0, 0.1) is 0 Å². The van der Waals surface area contributed by atoms with Gasteiger partial charge in [0.15, 0.2) is 0 Å². The van der Waals surface area contributed by atoms with Crippen molar-refractivity contribution in [3.05, 3.63) is 0 Å². The standard InChI is InChI=1S/C5H11N3OS/c1-3-4(5(9)8-6)7-2-10-3/h3-4,7H,2,6H2,1H3,(H,8,9). The molecule has 1 rings (SSSR count). The molecule has 0 aromatic rings. The maximum absolute atomic E-state index is 10.9. The lowest BCUT2D eigenvalue weighted by Crippen LogP contribution is -2.47. The van der Waals surface area contributed by atoms with Crippen molar-refractivity contribution in [1.82, 2.24) is 10.7 Å². The van der Waals surface area contributed by atoms with Gasteiger partial charge in [-0.2, -0.15) is 0 Å². The third kappa shape index (κ3) is 1.42. The lowest BCUT2D eigenvalue weighted by molar-refractivity contribution is -0.122. The van der Waals surface area contributed by atoms with Crippen molar-refractivity contribution < 1.29 is 4.79 Å². The summed E-state index contributed by atoms with van der Waals surface area (Å²) in [4.78, 5) is 10.9. The zero-order chi connectivity index (χ0) is 7.56. The highest BCUT2D eigenvalue weighted by molar-refractivity contribution is 8.00. The Bertz CT molecular complexity index is 141. The predicted octanol–water partition coefficient (Wildman–Crippen LogP) is -0.973. The highest BCUT2D eigenvalue weighted by Crippen LogP contribution is 2.19. The third-order valence-electron chi connectivity index (χ3n) is 1.54. The molecule has 0 saturated carbocycles. The minimum absolute atomic E-state index is 0.116. The van der Waals surface area contributed by atoms with Gasteiger partial charge in [-0.15, -0.1) is 11.8 Å². The van der Waals surface area contributed by atoms with Gasteiger partial charge in [-0.1, -0.05) is 6.92 Å². The van der Waals surface area contributed by atoms with Crippen LogP contribution in [0.25, 0.3) is 0 Å². The molecule has 58 valence electrons. The van der Waals surface area contributed by atoms with E-state index in [0.29, 0.717) is 5.25 Å². The number of nitrogens with two attached hydrogens (primary N) is 1. The molecular weight excluding hydrogens is 150 g/mol. The van der Waals surface area contributed by atoms with E-state index >= 15 is 0 Å². The zero-order valence-electron chi connectivity index (χ0n) is 5.76. The van der Waals surface area contributed by atoms with Crippen LogP contribution in [-0.2, 0) is 4.79 Å². The van der Waals surface area contributed by atoms with E-state index in [0.717, 1.165) is 5.88 Å². The summed E-state index contributed by atoms with van der Waals surface area (Å²) < 4.78 is 0. The Morgan fingerprint density at radius 3 is 3.00 bits per heavy atom. The second-order valence-corrected chi connectivity index (χ2v) is 3.57. The minimum Gasteiger partial charge on any atom is -0.296 e. The molecule has 0 radical (unpaired) electrons. The normalized spacial score (nSPS) is 32.2. The summed E-state index contributed by atoms with van der Waals surface area (Å²) in [7, 11) is 0. The monoisotopic (exact) mass is 161 g/mol. The van der Waals surface area contributed by atoms with Crippen molar-refractivity contribution in [2.45, 2.75) is 18.2 Å². The number of hydrazine groups is 1. The fraction of sp³-hybridized carbons (Fsp3) is 0.800. The number of hydrogen-bond acceptors (Lipinski definition) is 4. The summed E-state index contributed by atoms with van der Waals surface area (Å²) in [5.41, 5.74) is 2.12. The van der Waals surface area contributed by atoms with Crippen LogP contribution in [0.3, 0.4) is 0 Å². The molecule has 1 amide bonds. The molecule has 0 aromatic carbocycles. The maximum atomic E-state index is 10.9. The third-order valence-corrected chi connectivity index (χ3v) is 2.67. The van der Waals surface area contributed by atoms with E-state index in [9.17, 15) is 4.79 Å². The summed E-state index contributed by atoms with van der Waals surface area (Å²) in [5, 5.41) is 3.35. The Hall–Kier alpha value is -0.260. The molecule has 2 atom stereocenters. The van der Waals surface area contributed by atoms with E-state index in [1.807, 2.05) is 6.92 Å². The molecule has 4 N–H and O–H groups in total. The molecule has 4 nitrogen and oxygen atoms in total. The number of thioether (sulfide) groups is 1. The quantitative estimate of drug-likeness (QED) is 0.263. The second kappa shape index (κ2) is 3.23. The van der Waals surface area contributed by atoms with Gasteiger partial charge in [-0.25, -0.2) is 5.84 Å². The van der Waals surface area contributed by atoms with Crippen molar-refractivity contribution in [3.63, 3.8) is 0 Å². The topological polar surface area (TPSA) is 67.2 Å². The number of hydrogen-bond donors (Lipinski definition) is 3. The average molecular weight is 161 g/mol. The van der Waals surface area contributed by atoms with Crippen molar-refractivity contribution in [1.29, 1.82) is 0 Å². The van der Waals surface area contributed by atoms with Crippen molar-refractivity contribution in [2.75, 3.05) is 5.88 Å². The van der Waals surface area contributed by atoms with Crippen molar-refractivity contribution in [2.24, 2.45) is 5.84 Å². The Morgan fingerprint density at radius 1 is 1.90 bits per heavy atom. The number of amides is 1. The first-order chi connectivity index (χ1) is 4.75. The zero-order valence-corrected chi connectivity index (χ0v) is 6.57. The van der Waals surface area contributed by atoms with Gasteiger partial charge in [0.05, 0.1) is 0 Å². The van der Waals surface area contributed by atoms with Gasteiger partial charge in [0.2, 0.25) is 0 Å². The second-order valence-electron chi connectivity index (χ2n) is 2.21. The van der Waals surface area contributed by atoms with E-state index in [4.69, 9.17) is 5.84 Å². The largest absolute Gasteiger partial charge is 0.296 e. The molecular formula is C5H11N3OS.